The van der Waals surface area contributed by atoms with Crippen LogP contribution in [-0.4, -0.2) is 30.8 Å². The molecule has 15 heavy (non-hydrogen) atoms. The first kappa shape index (κ1) is 13.3. The molecule has 1 rings (SSSR count). The zero-order valence-corrected chi connectivity index (χ0v) is 10.6. The minimum atomic E-state index is 0.128. The molecule has 1 saturated carbocycles. The molecule has 0 spiro atoms. The second-order valence-electron chi connectivity index (χ2n) is 4.14. The van der Waals surface area contributed by atoms with Crippen LogP contribution in [0, 0.1) is 0 Å². The lowest BCUT2D eigenvalue weighted by molar-refractivity contribution is -0.122. The van der Waals surface area contributed by atoms with Crippen LogP contribution in [0.4, 0.5) is 0 Å². The third-order valence-electron chi connectivity index (χ3n) is 2.87. The first-order chi connectivity index (χ1) is 7.29. The topological polar surface area (TPSA) is 18.5 Å². The summed E-state index contributed by atoms with van der Waals surface area (Å²) in [6, 6.07) is 0. The van der Waals surface area contributed by atoms with Crippen LogP contribution in [0.1, 0.15) is 46.0 Å². The molecule has 0 aromatic heterocycles. The second-order valence-corrected chi connectivity index (χ2v) is 4.70. The number of halogens is 1. The highest BCUT2D eigenvalue weighted by Gasteiger charge is 2.41. The van der Waals surface area contributed by atoms with Crippen LogP contribution < -0.4 is 0 Å². The SMILES string of the molecule is CCCCCCOC1CC(Cl)C1OCC. The third kappa shape index (κ3) is 4.29. The van der Waals surface area contributed by atoms with E-state index < -0.39 is 0 Å². The maximum absolute atomic E-state index is 6.05. The van der Waals surface area contributed by atoms with E-state index in [-0.39, 0.29) is 17.6 Å². The lowest BCUT2D eigenvalue weighted by atomic mass is 9.91. The molecule has 1 aliphatic rings. The van der Waals surface area contributed by atoms with Crippen molar-refractivity contribution in [1.82, 2.24) is 0 Å². The number of unbranched alkanes of at least 4 members (excludes halogenated alkanes) is 3. The summed E-state index contributed by atoms with van der Waals surface area (Å²) in [4.78, 5) is 0. The van der Waals surface area contributed by atoms with Crippen molar-refractivity contribution in [3.63, 3.8) is 0 Å². The molecular weight excluding hydrogens is 212 g/mol. The number of rotatable bonds is 8. The van der Waals surface area contributed by atoms with Crippen molar-refractivity contribution in [1.29, 1.82) is 0 Å². The van der Waals surface area contributed by atoms with Gasteiger partial charge < -0.3 is 9.47 Å². The molecule has 0 aromatic carbocycles. The average molecular weight is 235 g/mol. The van der Waals surface area contributed by atoms with Crippen LogP contribution in [0.5, 0.6) is 0 Å². The molecule has 0 amide bonds. The molecule has 0 radical (unpaired) electrons. The van der Waals surface area contributed by atoms with E-state index in [1.807, 2.05) is 6.92 Å². The summed E-state index contributed by atoms with van der Waals surface area (Å²) in [6.45, 7) is 5.80. The van der Waals surface area contributed by atoms with Gasteiger partial charge >= 0.3 is 0 Å². The van der Waals surface area contributed by atoms with E-state index in [0.717, 1.165) is 26.1 Å². The van der Waals surface area contributed by atoms with E-state index in [2.05, 4.69) is 6.92 Å². The fraction of sp³-hybridized carbons (Fsp3) is 1.00. The monoisotopic (exact) mass is 234 g/mol. The maximum Gasteiger partial charge on any atom is 0.100 e. The molecule has 1 aliphatic carbocycles. The zero-order chi connectivity index (χ0) is 11.1. The molecule has 0 aromatic rings. The van der Waals surface area contributed by atoms with Crippen molar-refractivity contribution < 1.29 is 9.47 Å². The molecule has 0 N–H and O–H groups in total. The van der Waals surface area contributed by atoms with Gasteiger partial charge in [0.2, 0.25) is 0 Å². The molecule has 0 heterocycles. The van der Waals surface area contributed by atoms with E-state index in [1.165, 1.54) is 19.3 Å². The van der Waals surface area contributed by atoms with E-state index in [4.69, 9.17) is 21.1 Å². The standard InChI is InChI=1S/C12H23ClO2/c1-3-5-6-7-8-15-11-9-10(13)12(11)14-4-2/h10-12H,3-9H2,1-2H3. The van der Waals surface area contributed by atoms with Crippen LogP contribution >= 0.6 is 11.6 Å². The summed E-state index contributed by atoms with van der Waals surface area (Å²) in [5.74, 6) is 0. The lowest BCUT2D eigenvalue weighted by Gasteiger charge is -2.40. The molecule has 0 bridgehead atoms. The molecule has 3 heteroatoms. The Balaban J connectivity index is 2.01. The highest BCUT2D eigenvalue weighted by Crippen LogP contribution is 2.31. The van der Waals surface area contributed by atoms with Crippen molar-refractivity contribution in [2.45, 2.75) is 63.5 Å². The van der Waals surface area contributed by atoms with Crippen LogP contribution in [0.15, 0.2) is 0 Å². The molecule has 1 fully saturated rings. The number of hydrogen-bond donors (Lipinski definition) is 0. The quantitative estimate of drug-likeness (QED) is 0.474. The van der Waals surface area contributed by atoms with Crippen molar-refractivity contribution in [3.05, 3.63) is 0 Å². The molecule has 3 unspecified atom stereocenters. The highest BCUT2D eigenvalue weighted by atomic mass is 35.5. The average Bonchev–Trinajstić information content (AvgIpc) is 2.24. The maximum atomic E-state index is 6.05. The Morgan fingerprint density at radius 2 is 1.93 bits per heavy atom. The van der Waals surface area contributed by atoms with E-state index in [9.17, 15) is 0 Å². The molecular formula is C12H23ClO2. The minimum Gasteiger partial charge on any atom is -0.375 e. The van der Waals surface area contributed by atoms with Crippen LogP contribution in [0.25, 0.3) is 0 Å². The smallest absolute Gasteiger partial charge is 0.100 e. The minimum absolute atomic E-state index is 0.128. The summed E-state index contributed by atoms with van der Waals surface area (Å²) in [6.07, 6.45) is 6.33. The Kier molecular flexibility index (Phi) is 6.62. The van der Waals surface area contributed by atoms with E-state index >= 15 is 0 Å². The van der Waals surface area contributed by atoms with E-state index in [0.29, 0.717) is 0 Å². The van der Waals surface area contributed by atoms with Crippen molar-refractivity contribution in [3.8, 4) is 0 Å². The predicted molar refractivity (Wildman–Crippen MR) is 63.6 cm³/mol. The second kappa shape index (κ2) is 7.48. The molecule has 0 saturated heterocycles. The lowest BCUT2D eigenvalue weighted by Crippen LogP contribution is -2.51. The van der Waals surface area contributed by atoms with Gasteiger partial charge in [-0.25, -0.2) is 0 Å². The summed E-state index contributed by atoms with van der Waals surface area (Å²) in [5.41, 5.74) is 0. The van der Waals surface area contributed by atoms with Gasteiger partial charge in [-0.15, -0.1) is 11.6 Å². The largest absolute Gasteiger partial charge is 0.375 e. The van der Waals surface area contributed by atoms with Gasteiger partial charge in [0.15, 0.2) is 0 Å². The van der Waals surface area contributed by atoms with Gasteiger partial charge in [-0.05, 0) is 19.8 Å². The Hall–Kier alpha value is 0.210. The van der Waals surface area contributed by atoms with Crippen LogP contribution in [0.2, 0.25) is 0 Å². The van der Waals surface area contributed by atoms with Crippen LogP contribution in [-0.2, 0) is 9.47 Å². The first-order valence-electron chi connectivity index (χ1n) is 6.16. The Bertz CT molecular complexity index is 164. The summed E-state index contributed by atoms with van der Waals surface area (Å²) >= 11 is 6.05. The first-order valence-corrected chi connectivity index (χ1v) is 6.60. The molecule has 2 nitrogen and oxygen atoms in total. The van der Waals surface area contributed by atoms with E-state index in [1.54, 1.807) is 0 Å². The van der Waals surface area contributed by atoms with Crippen LogP contribution in [0.3, 0.4) is 0 Å². The highest BCUT2D eigenvalue weighted by molar-refractivity contribution is 6.21. The van der Waals surface area contributed by atoms with Gasteiger partial charge in [0.25, 0.3) is 0 Å². The Labute approximate surface area is 98.3 Å². The summed E-state index contributed by atoms with van der Waals surface area (Å²) in [7, 11) is 0. The normalized spacial score (nSPS) is 30.2. The molecule has 90 valence electrons. The summed E-state index contributed by atoms with van der Waals surface area (Å²) in [5, 5.41) is 0.158. The fourth-order valence-electron chi connectivity index (χ4n) is 1.86. The van der Waals surface area contributed by atoms with Gasteiger partial charge in [0.05, 0.1) is 11.5 Å². The van der Waals surface area contributed by atoms with Crippen molar-refractivity contribution in [2.75, 3.05) is 13.2 Å². The van der Waals surface area contributed by atoms with Gasteiger partial charge in [0.1, 0.15) is 6.10 Å². The Morgan fingerprint density at radius 3 is 2.53 bits per heavy atom. The predicted octanol–water partition coefficient (Wildman–Crippen LogP) is 3.37. The van der Waals surface area contributed by atoms with Gasteiger partial charge in [0, 0.05) is 13.2 Å². The van der Waals surface area contributed by atoms with Gasteiger partial charge in [-0.3, -0.25) is 0 Å². The van der Waals surface area contributed by atoms with Crippen molar-refractivity contribution in [2.24, 2.45) is 0 Å². The fourth-order valence-corrected chi connectivity index (χ4v) is 2.27. The van der Waals surface area contributed by atoms with Crippen molar-refractivity contribution >= 4 is 11.6 Å². The molecule has 0 aliphatic heterocycles. The Morgan fingerprint density at radius 1 is 1.13 bits per heavy atom. The zero-order valence-electron chi connectivity index (χ0n) is 9.88. The summed E-state index contributed by atoms with van der Waals surface area (Å²) < 4.78 is 11.3. The number of alkyl halides is 1. The van der Waals surface area contributed by atoms with Gasteiger partial charge in [-0.1, -0.05) is 26.2 Å². The molecule has 3 atom stereocenters. The third-order valence-corrected chi connectivity index (χ3v) is 3.30. The number of hydrogen-bond acceptors (Lipinski definition) is 2. The van der Waals surface area contributed by atoms with Gasteiger partial charge in [-0.2, -0.15) is 0 Å². The number of ether oxygens (including phenoxy) is 2.